The van der Waals surface area contributed by atoms with E-state index >= 15 is 0 Å². The molecule has 16 heavy (non-hydrogen) atoms. The lowest BCUT2D eigenvalue weighted by atomic mass is 10.3. The molecular weight excluding hydrogens is 226 g/mol. The Hall–Kier alpha value is -1.40. The van der Waals surface area contributed by atoms with Crippen LogP contribution < -0.4 is 4.72 Å². The third-order valence-electron chi connectivity index (χ3n) is 2.16. The van der Waals surface area contributed by atoms with Gasteiger partial charge in [-0.1, -0.05) is 12.1 Å². The first-order valence-electron chi connectivity index (χ1n) is 4.93. The summed E-state index contributed by atoms with van der Waals surface area (Å²) < 4.78 is 24.1. The number of hydrogen-bond acceptors (Lipinski definition) is 3. The Balaban J connectivity index is 2.05. The van der Waals surface area contributed by atoms with Gasteiger partial charge in [0, 0.05) is 13.0 Å². The molecular formula is C10H13N3O2S. The molecule has 0 bridgehead atoms. The lowest BCUT2D eigenvalue weighted by Gasteiger charge is -1.98. The molecule has 86 valence electrons. The predicted octanol–water partition coefficient (Wildman–Crippen LogP) is 0.655. The number of para-hydroxylation sites is 2. The van der Waals surface area contributed by atoms with Gasteiger partial charge < -0.3 is 4.98 Å². The van der Waals surface area contributed by atoms with Crippen LogP contribution in [0.25, 0.3) is 11.0 Å². The molecule has 0 aliphatic heterocycles. The highest BCUT2D eigenvalue weighted by Gasteiger charge is 2.03. The van der Waals surface area contributed by atoms with E-state index in [9.17, 15) is 8.42 Å². The number of sulfonamides is 1. The fraction of sp³-hybridized carbons (Fsp3) is 0.300. The number of H-pyrrole nitrogens is 1. The average molecular weight is 239 g/mol. The van der Waals surface area contributed by atoms with E-state index in [1.54, 1.807) is 0 Å². The fourth-order valence-corrected chi connectivity index (χ4v) is 1.95. The molecule has 1 aromatic heterocycles. The summed E-state index contributed by atoms with van der Waals surface area (Å²) in [6, 6.07) is 7.70. The van der Waals surface area contributed by atoms with Gasteiger partial charge in [-0.15, -0.1) is 0 Å². The van der Waals surface area contributed by atoms with Crippen molar-refractivity contribution in [3.63, 3.8) is 0 Å². The molecule has 0 atom stereocenters. The number of aromatic nitrogens is 2. The largest absolute Gasteiger partial charge is 0.342 e. The van der Waals surface area contributed by atoms with Crippen molar-refractivity contribution in [2.45, 2.75) is 6.42 Å². The Morgan fingerprint density at radius 3 is 2.81 bits per heavy atom. The van der Waals surface area contributed by atoms with Gasteiger partial charge in [-0.3, -0.25) is 0 Å². The van der Waals surface area contributed by atoms with Crippen molar-refractivity contribution in [1.29, 1.82) is 0 Å². The number of benzene rings is 1. The first-order chi connectivity index (χ1) is 7.54. The number of nitrogens with zero attached hydrogens (tertiary/aromatic N) is 1. The van der Waals surface area contributed by atoms with Crippen molar-refractivity contribution in [3.8, 4) is 0 Å². The fourth-order valence-electron chi connectivity index (χ4n) is 1.48. The van der Waals surface area contributed by atoms with Crippen LogP contribution in [0.1, 0.15) is 5.82 Å². The predicted molar refractivity (Wildman–Crippen MR) is 62.6 cm³/mol. The molecule has 0 radical (unpaired) electrons. The third-order valence-corrected chi connectivity index (χ3v) is 2.89. The molecule has 6 heteroatoms. The summed E-state index contributed by atoms with van der Waals surface area (Å²) in [6.07, 6.45) is 1.70. The second kappa shape index (κ2) is 4.23. The number of nitrogens with one attached hydrogen (secondary N) is 2. The van der Waals surface area contributed by atoms with Crippen molar-refractivity contribution in [2.24, 2.45) is 0 Å². The van der Waals surface area contributed by atoms with Crippen LogP contribution in [0.15, 0.2) is 24.3 Å². The summed E-state index contributed by atoms with van der Waals surface area (Å²) in [4.78, 5) is 7.48. The molecule has 0 aliphatic carbocycles. The Bertz CT molecular complexity index is 556. The number of rotatable bonds is 4. The third kappa shape index (κ3) is 2.80. The molecule has 1 heterocycles. The van der Waals surface area contributed by atoms with Crippen LogP contribution in [0.3, 0.4) is 0 Å². The van der Waals surface area contributed by atoms with Crippen molar-refractivity contribution in [1.82, 2.24) is 14.7 Å². The van der Waals surface area contributed by atoms with Crippen LogP contribution in [0.4, 0.5) is 0 Å². The van der Waals surface area contributed by atoms with Gasteiger partial charge in [-0.25, -0.2) is 18.1 Å². The van der Waals surface area contributed by atoms with Gasteiger partial charge in [0.05, 0.1) is 17.3 Å². The highest BCUT2D eigenvalue weighted by molar-refractivity contribution is 7.88. The molecule has 0 aliphatic rings. The maximum absolute atomic E-state index is 10.9. The van der Waals surface area contributed by atoms with Gasteiger partial charge in [0.2, 0.25) is 10.0 Å². The highest BCUT2D eigenvalue weighted by Crippen LogP contribution is 2.10. The Morgan fingerprint density at radius 2 is 2.12 bits per heavy atom. The highest BCUT2D eigenvalue weighted by atomic mass is 32.2. The van der Waals surface area contributed by atoms with Crippen molar-refractivity contribution in [2.75, 3.05) is 12.8 Å². The van der Waals surface area contributed by atoms with Gasteiger partial charge in [-0.2, -0.15) is 0 Å². The number of hydrogen-bond donors (Lipinski definition) is 2. The molecule has 0 fully saturated rings. The van der Waals surface area contributed by atoms with E-state index in [0.29, 0.717) is 13.0 Å². The summed E-state index contributed by atoms with van der Waals surface area (Å²) in [6.45, 7) is 0.360. The molecule has 1 aromatic carbocycles. The zero-order valence-corrected chi connectivity index (χ0v) is 9.71. The second-order valence-electron chi connectivity index (χ2n) is 3.62. The van der Waals surface area contributed by atoms with E-state index in [2.05, 4.69) is 14.7 Å². The van der Waals surface area contributed by atoms with E-state index in [-0.39, 0.29) is 0 Å². The van der Waals surface area contributed by atoms with E-state index in [0.717, 1.165) is 23.1 Å². The summed E-state index contributed by atoms with van der Waals surface area (Å²) >= 11 is 0. The van der Waals surface area contributed by atoms with Crippen LogP contribution in [-0.2, 0) is 16.4 Å². The van der Waals surface area contributed by atoms with E-state index < -0.39 is 10.0 Å². The van der Waals surface area contributed by atoms with Gasteiger partial charge >= 0.3 is 0 Å². The topological polar surface area (TPSA) is 74.8 Å². The monoisotopic (exact) mass is 239 g/mol. The maximum Gasteiger partial charge on any atom is 0.208 e. The normalized spacial score (nSPS) is 12.1. The minimum atomic E-state index is -3.12. The molecule has 2 rings (SSSR count). The van der Waals surface area contributed by atoms with Gasteiger partial charge in [0.1, 0.15) is 5.82 Å². The first-order valence-corrected chi connectivity index (χ1v) is 6.82. The Kier molecular flexibility index (Phi) is 2.93. The van der Waals surface area contributed by atoms with E-state index in [4.69, 9.17) is 0 Å². The molecule has 5 nitrogen and oxygen atoms in total. The summed E-state index contributed by atoms with van der Waals surface area (Å²) in [5, 5.41) is 0. The van der Waals surface area contributed by atoms with Crippen molar-refractivity contribution < 1.29 is 8.42 Å². The zero-order valence-electron chi connectivity index (χ0n) is 8.90. The van der Waals surface area contributed by atoms with E-state index in [1.165, 1.54) is 0 Å². The zero-order chi connectivity index (χ0) is 11.6. The maximum atomic E-state index is 10.9. The minimum absolute atomic E-state index is 0.360. The van der Waals surface area contributed by atoms with Crippen LogP contribution in [-0.4, -0.2) is 31.2 Å². The molecule has 0 amide bonds. The summed E-state index contributed by atoms with van der Waals surface area (Å²) in [5.41, 5.74) is 1.87. The van der Waals surface area contributed by atoms with Crippen molar-refractivity contribution >= 4 is 21.1 Å². The molecule has 0 spiro atoms. The van der Waals surface area contributed by atoms with Gasteiger partial charge in [0.15, 0.2) is 0 Å². The van der Waals surface area contributed by atoms with Crippen LogP contribution in [0.2, 0.25) is 0 Å². The molecule has 2 N–H and O–H groups in total. The van der Waals surface area contributed by atoms with Gasteiger partial charge in [0.25, 0.3) is 0 Å². The smallest absolute Gasteiger partial charge is 0.208 e. The lowest BCUT2D eigenvalue weighted by molar-refractivity contribution is 0.587. The van der Waals surface area contributed by atoms with Crippen LogP contribution in [0, 0.1) is 0 Å². The van der Waals surface area contributed by atoms with E-state index in [1.807, 2.05) is 24.3 Å². The Labute approximate surface area is 93.9 Å². The molecule has 0 saturated carbocycles. The molecule has 0 saturated heterocycles. The standard InChI is InChI=1S/C10H13N3O2S/c1-16(14,15)11-7-6-10-12-8-4-2-3-5-9(8)13-10/h2-5,11H,6-7H2,1H3,(H,12,13). The van der Waals surface area contributed by atoms with Crippen LogP contribution in [0.5, 0.6) is 0 Å². The first kappa shape index (κ1) is 11.1. The number of fused-ring (bicyclic) bond motifs is 1. The number of aromatic amines is 1. The summed E-state index contributed by atoms with van der Waals surface area (Å²) in [5.74, 6) is 0.789. The molecule has 2 aromatic rings. The summed E-state index contributed by atoms with van der Waals surface area (Å²) in [7, 11) is -3.12. The van der Waals surface area contributed by atoms with Crippen molar-refractivity contribution in [3.05, 3.63) is 30.1 Å². The average Bonchev–Trinajstić information content (AvgIpc) is 2.57. The SMILES string of the molecule is CS(=O)(=O)NCCc1nc2ccccc2[nH]1. The molecule has 0 unspecified atom stereocenters. The van der Waals surface area contributed by atoms with Crippen LogP contribution >= 0.6 is 0 Å². The Morgan fingerprint density at radius 1 is 1.38 bits per heavy atom. The quantitative estimate of drug-likeness (QED) is 0.822. The second-order valence-corrected chi connectivity index (χ2v) is 5.45. The van der Waals surface area contributed by atoms with Gasteiger partial charge in [-0.05, 0) is 12.1 Å². The number of imidazole rings is 1. The lowest BCUT2D eigenvalue weighted by Crippen LogP contribution is -2.24. The minimum Gasteiger partial charge on any atom is -0.342 e.